The van der Waals surface area contributed by atoms with E-state index in [2.05, 4.69) is 20.3 Å². The number of carbonyl (C=O) groups excluding carboxylic acids is 1. The number of pyridine rings is 1. The number of aromatic nitrogens is 3. The Bertz CT molecular complexity index is 559. The van der Waals surface area contributed by atoms with Crippen LogP contribution in [0.4, 0.5) is 5.82 Å². The predicted octanol–water partition coefficient (Wildman–Crippen LogP) is 2.09. The molecule has 2 aromatic heterocycles. The number of hydrogen-bond donors (Lipinski definition) is 1. The molecule has 6 heteroatoms. The molecule has 0 aliphatic carbocycles. The van der Waals surface area contributed by atoms with Crippen LogP contribution < -0.4 is 5.32 Å². The lowest BCUT2D eigenvalue weighted by Crippen LogP contribution is -2.15. The summed E-state index contributed by atoms with van der Waals surface area (Å²) >= 11 is 5.61. The van der Waals surface area contributed by atoms with Gasteiger partial charge >= 0.3 is 0 Å². The van der Waals surface area contributed by atoms with Crippen molar-refractivity contribution in [3.63, 3.8) is 0 Å². The highest BCUT2D eigenvalue weighted by atomic mass is 35.5. The van der Waals surface area contributed by atoms with Gasteiger partial charge in [-0.1, -0.05) is 6.07 Å². The summed E-state index contributed by atoms with van der Waals surface area (Å²) in [5.41, 5.74) is 1.11. The summed E-state index contributed by atoms with van der Waals surface area (Å²) in [6.45, 7) is 1.82. The Hall–Kier alpha value is -2.01. The lowest BCUT2D eigenvalue weighted by molar-refractivity contribution is 0.102. The van der Waals surface area contributed by atoms with Gasteiger partial charge in [-0.3, -0.25) is 4.79 Å². The lowest BCUT2D eigenvalue weighted by Gasteiger charge is -2.03. The summed E-state index contributed by atoms with van der Waals surface area (Å²) < 4.78 is 0. The Morgan fingerprint density at radius 1 is 1.29 bits per heavy atom. The van der Waals surface area contributed by atoms with Crippen molar-refractivity contribution in [3.05, 3.63) is 47.1 Å². The van der Waals surface area contributed by atoms with Crippen molar-refractivity contribution in [2.24, 2.45) is 0 Å². The van der Waals surface area contributed by atoms with Crippen molar-refractivity contribution in [2.75, 3.05) is 5.32 Å². The van der Waals surface area contributed by atoms with Crippen LogP contribution in [0.3, 0.4) is 0 Å². The van der Waals surface area contributed by atoms with E-state index in [1.165, 1.54) is 6.20 Å². The zero-order valence-electron chi connectivity index (χ0n) is 9.01. The Kier molecular flexibility index (Phi) is 3.30. The zero-order chi connectivity index (χ0) is 12.3. The summed E-state index contributed by atoms with van der Waals surface area (Å²) in [5, 5.41) is 2.67. The van der Waals surface area contributed by atoms with Gasteiger partial charge < -0.3 is 5.32 Å². The number of hydrogen-bond acceptors (Lipinski definition) is 4. The highest BCUT2D eigenvalue weighted by molar-refractivity contribution is 6.28. The van der Waals surface area contributed by atoms with Crippen LogP contribution in [0, 0.1) is 6.92 Å². The Balaban J connectivity index is 2.17. The van der Waals surface area contributed by atoms with Crippen molar-refractivity contribution < 1.29 is 4.79 Å². The van der Waals surface area contributed by atoms with Crippen molar-refractivity contribution in [2.45, 2.75) is 6.92 Å². The zero-order valence-corrected chi connectivity index (χ0v) is 9.77. The van der Waals surface area contributed by atoms with E-state index in [9.17, 15) is 4.79 Å². The molecule has 0 aliphatic heterocycles. The first-order valence-corrected chi connectivity index (χ1v) is 5.26. The number of rotatable bonds is 2. The van der Waals surface area contributed by atoms with Crippen LogP contribution in [0.15, 0.2) is 30.5 Å². The van der Waals surface area contributed by atoms with Gasteiger partial charge in [-0.15, -0.1) is 0 Å². The minimum atomic E-state index is -0.330. The molecule has 1 N–H and O–H groups in total. The van der Waals surface area contributed by atoms with Crippen LogP contribution >= 0.6 is 11.6 Å². The molecule has 0 bridgehead atoms. The molecular formula is C11H9ClN4O. The number of carbonyl (C=O) groups is 1. The first-order valence-electron chi connectivity index (χ1n) is 4.89. The summed E-state index contributed by atoms with van der Waals surface area (Å²) in [7, 11) is 0. The van der Waals surface area contributed by atoms with E-state index >= 15 is 0 Å². The van der Waals surface area contributed by atoms with Crippen LogP contribution in [-0.2, 0) is 0 Å². The molecule has 0 spiro atoms. The van der Waals surface area contributed by atoms with Crippen LogP contribution in [0.1, 0.15) is 16.2 Å². The average Bonchev–Trinajstić information content (AvgIpc) is 2.29. The molecule has 0 atom stereocenters. The quantitative estimate of drug-likeness (QED) is 0.827. The molecule has 0 aliphatic rings. The van der Waals surface area contributed by atoms with Crippen LogP contribution in [0.5, 0.6) is 0 Å². The molecule has 17 heavy (non-hydrogen) atoms. The number of nitrogens with one attached hydrogen (secondary N) is 1. The molecule has 1 amide bonds. The van der Waals surface area contributed by atoms with E-state index < -0.39 is 0 Å². The molecule has 86 valence electrons. The number of nitrogens with zero attached hydrogens (tertiary/aromatic N) is 3. The maximum Gasteiger partial charge on any atom is 0.275 e. The van der Waals surface area contributed by atoms with Gasteiger partial charge in [0.15, 0.2) is 0 Å². The van der Waals surface area contributed by atoms with Crippen molar-refractivity contribution >= 4 is 23.3 Å². The second-order valence-electron chi connectivity index (χ2n) is 3.33. The van der Waals surface area contributed by atoms with Crippen LogP contribution in [-0.4, -0.2) is 20.9 Å². The Morgan fingerprint density at radius 3 is 2.82 bits per heavy atom. The van der Waals surface area contributed by atoms with Crippen molar-refractivity contribution in [3.8, 4) is 0 Å². The van der Waals surface area contributed by atoms with Gasteiger partial charge in [0.1, 0.15) is 11.5 Å². The van der Waals surface area contributed by atoms with Crippen LogP contribution in [0.2, 0.25) is 5.28 Å². The molecule has 0 aromatic carbocycles. The van der Waals surface area contributed by atoms with E-state index in [1.807, 2.05) is 13.0 Å². The topological polar surface area (TPSA) is 67.8 Å². The van der Waals surface area contributed by atoms with Gasteiger partial charge in [0.25, 0.3) is 5.91 Å². The SMILES string of the molecule is Cc1cccc(C(=O)Nc2ccnc(Cl)n2)n1. The second kappa shape index (κ2) is 4.88. The minimum absolute atomic E-state index is 0.0833. The average molecular weight is 249 g/mol. The van der Waals surface area contributed by atoms with E-state index in [-0.39, 0.29) is 11.2 Å². The maximum atomic E-state index is 11.8. The molecule has 0 fully saturated rings. The Morgan fingerprint density at radius 2 is 2.12 bits per heavy atom. The smallest absolute Gasteiger partial charge is 0.275 e. The molecule has 0 unspecified atom stereocenters. The number of anilines is 1. The molecular weight excluding hydrogens is 240 g/mol. The van der Waals surface area contributed by atoms with Gasteiger partial charge in [0.05, 0.1) is 0 Å². The van der Waals surface area contributed by atoms with Crippen molar-refractivity contribution in [1.29, 1.82) is 0 Å². The Labute approximate surface area is 103 Å². The number of aryl methyl sites for hydroxylation is 1. The molecule has 2 rings (SSSR count). The van der Waals surface area contributed by atoms with Gasteiger partial charge in [-0.05, 0) is 36.7 Å². The van der Waals surface area contributed by atoms with E-state index in [4.69, 9.17) is 11.6 Å². The standard InChI is InChI=1S/C11H9ClN4O/c1-7-3-2-4-8(14-7)10(17)15-9-5-6-13-11(12)16-9/h2-6H,1H3,(H,13,15,16,17). The van der Waals surface area contributed by atoms with Gasteiger partial charge in [-0.25, -0.2) is 15.0 Å². The third kappa shape index (κ3) is 2.98. The number of amides is 1. The predicted molar refractivity (Wildman–Crippen MR) is 64.0 cm³/mol. The molecule has 0 saturated carbocycles. The molecule has 2 heterocycles. The van der Waals surface area contributed by atoms with E-state index in [0.717, 1.165) is 5.69 Å². The molecule has 0 radical (unpaired) electrons. The monoisotopic (exact) mass is 248 g/mol. The summed E-state index contributed by atoms with van der Waals surface area (Å²) in [6, 6.07) is 6.77. The van der Waals surface area contributed by atoms with Gasteiger partial charge in [0.2, 0.25) is 5.28 Å². The summed E-state index contributed by atoms with van der Waals surface area (Å²) in [4.78, 5) is 23.5. The third-order valence-corrected chi connectivity index (χ3v) is 2.17. The largest absolute Gasteiger partial charge is 0.305 e. The normalized spacial score (nSPS) is 10.0. The van der Waals surface area contributed by atoms with Crippen molar-refractivity contribution in [1.82, 2.24) is 15.0 Å². The third-order valence-electron chi connectivity index (χ3n) is 1.99. The molecule has 5 nitrogen and oxygen atoms in total. The summed E-state index contributed by atoms with van der Waals surface area (Å²) in [5.74, 6) is 0.0155. The lowest BCUT2D eigenvalue weighted by atomic mass is 10.3. The van der Waals surface area contributed by atoms with E-state index in [0.29, 0.717) is 11.5 Å². The summed E-state index contributed by atoms with van der Waals surface area (Å²) in [6.07, 6.45) is 1.47. The number of halogens is 1. The van der Waals surface area contributed by atoms with Crippen LogP contribution in [0.25, 0.3) is 0 Å². The second-order valence-corrected chi connectivity index (χ2v) is 3.67. The first kappa shape index (κ1) is 11.5. The van der Waals surface area contributed by atoms with Gasteiger partial charge in [0, 0.05) is 11.9 Å². The fourth-order valence-electron chi connectivity index (χ4n) is 1.25. The van der Waals surface area contributed by atoms with Gasteiger partial charge in [-0.2, -0.15) is 0 Å². The van der Waals surface area contributed by atoms with E-state index in [1.54, 1.807) is 18.2 Å². The molecule has 2 aromatic rings. The highest BCUT2D eigenvalue weighted by Gasteiger charge is 2.08. The fourth-order valence-corrected chi connectivity index (χ4v) is 1.40. The minimum Gasteiger partial charge on any atom is -0.305 e. The highest BCUT2D eigenvalue weighted by Crippen LogP contribution is 2.07. The maximum absolute atomic E-state index is 11.8. The molecule has 0 saturated heterocycles. The first-order chi connectivity index (χ1) is 8.15. The fraction of sp³-hybridized carbons (Fsp3) is 0.0909.